The summed E-state index contributed by atoms with van der Waals surface area (Å²) in [4.78, 5) is 25.9. The highest BCUT2D eigenvalue weighted by molar-refractivity contribution is 9.10. The van der Waals surface area contributed by atoms with E-state index in [0.717, 1.165) is 0 Å². The molecular weight excluding hydrogens is 379 g/mol. The van der Waals surface area contributed by atoms with Gasteiger partial charge in [-0.1, -0.05) is 22.0 Å². The third kappa shape index (κ3) is 2.03. The van der Waals surface area contributed by atoms with Crippen LogP contribution in [0.25, 0.3) is 0 Å². The Balaban J connectivity index is 2.17. The van der Waals surface area contributed by atoms with Crippen LogP contribution in [0.1, 0.15) is 12.5 Å². The number of ether oxygens (including phenoxy) is 1. The van der Waals surface area contributed by atoms with Crippen molar-refractivity contribution in [1.82, 2.24) is 0 Å². The molecule has 2 unspecified atom stereocenters. The Morgan fingerprint density at radius 3 is 2.65 bits per heavy atom. The summed E-state index contributed by atoms with van der Waals surface area (Å²) < 4.78 is 45.8. The predicted octanol–water partition coefficient (Wildman–Crippen LogP) is 3.03. The van der Waals surface area contributed by atoms with Crippen molar-refractivity contribution in [1.29, 1.82) is 0 Å². The van der Waals surface area contributed by atoms with Crippen molar-refractivity contribution in [2.45, 2.75) is 18.5 Å². The summed E-state index contributed by atoms with van der Waals surface area (Å²) in [5, 5.41) is 0. The minimum absolute atomic E-state index is 0.0345. The van der Waals surface area contributed by atoms with E-state index in [2.05, 4.69) is 15.9 Å². The first-order chi connectivity index (χ1) is 10.7. The van der Waals surface area contributed by atoms with Gasteiger partial charge in [0, 0.05) is 17.2 Å². The monoisotopic (exact) mass is 391 g/mol. The zero-order chi connectivity index (χ0) is 17.2. The molecule has 124 valence electrons. The van der Waals surface area contributed by atoms with E-state index in [9.17, 15) is 22.8 Å². The van der Waals surface area contributed by atoms with E-state index in [0.29, 0.717) is 10.2 Å². The molecule has 1 amide bonds. The Bertz CT molecular complexity index is 706. The van der Waals surface area contributed by atoms with Gasteiger partial charge in [0.05, 0.1) is 18.4 Å². The second-order valence-electron chi connectivity index (χ2n) is 5.64. The molecule has 4 nitrogen and oxygen atoms in total. The van der Waals surface area contributed by atoms with Gasteiger partial charge >= 0.3 is 12.1 Å². The van der Waals surface area contributed by atoms with Crippen LogP contribution in [0.2, 0.25) is 0 Å². The molecule has 1 aliphatic carbocycles. The average molecular weight is 392 g/mol. The molecule has 0 radical (unpaired) electrons. The molecule has 1 fully saturated rings. The molecule has 0 N–H and O–H groups in total. The van der Waals surface area contributed by atoms with Crippen LogP contribution in [0, 0.1) is 11.8 Å². The van der Waals surface area contributed by atoms with Gasteiger partial charge in [-0.3, -0.25) is 9.59 Å². The van der Waals surface area contributed by atoms with Crippen molar-refractivity contribution in [2.75, 3.05) is 18.6 Å². The lowest BCUT2D eigenvalue weighted by Gasteiger charge is -2.12. The van der Waals surface area contributed by atoms with Crippen molar-refractivity contribution in [3.05, 3.63) is 28.2 Å². The summed E-state index contributed by atoms with van der Waals surface area (Å²) in [6.07, 6.45) is -4.66. The molecule has 1 aliphatic heterocycles. The molecular formula is C15H13BrF3NO3. The van der Waals surface area contributed by atoms with Crippen LogP contribution in [-0.4, -0.2) is 31.7 Å². The van der Waals surface area contributed by atoms with Crippen LogP contribution in [-0.2, 0) is 19.7 Å². The van der Waals surface area contributed by atoms with Crippen LogP contribution in [0.15, 0.2) is 22.7 Å². The Kier molecular flexibility index (Phi) is 3.51. The van der Waals surface area contributed by atoms with Gasteiger partial charge in [0.15, 0.2) is 0 Å². The third-order valence-electron chi connectivity index (χ3n) is 4.52. The maximum Gasteiger partial charge on any atom is 0.394 e. The van der Waals surface area contributed by atoms with Gasteiger partial charge in [-0.15, -0.1) is 0 Å². The van der Waals surface area contributed by atoms with Gasteiger partial charge in [-0.05, 0) is 24.6 Å². The SMILES string of the molecule is CCOC(=O)C1C(C(F)(F)F)[C@@]12C(=O)N(C)c1cc(Br)ccc12. The number of carbonyl (C=O) groups excluding carboxylic acids is 2. The number of fused-ring (bicyclic) bond motifs is 2. The van der Waals surface area contributed by atoms with Crippen LogP contribution < -0.4 is 4.90 Å². The highest BCUT2D eigenvalue weighted by Gasteiger charge is 2.85. The highest BCUT2D eigenvalue weighted by atomic mass is 79.9. The van der Waals surface area contributed by atoms with Crippen LogP contribution >= 0.6 is 15.9 Å². The largest absolute Gasteiger partial charge is 0.466 e. The van der Waals surface area contributed by atoms with Gasteiger partial charge in [0.1, 0.15) is 5.41 Å². The fourth-order valence-corrected chi connectivity index (χ4v) is 3.97. The van der Waals surface area contributed by atoms with Gasteiger partial charge in [-0.2, -0.15) is 13.2 Å². The maximum absolute atomic E-state index is 13.5. The summed E-state index contributed by atoms with van der Waals surface area (Å²) in [6.45, 7) is 1.48. The number of hydrogen-bond donors (Lipinski definition) is 0. The molecule has 1 aromatic carbocycles. The number of nitrogens with zero attached hydrogens (tertiary/aromatic N) is 1. The molecule has 3 rings (SSSR count). The summed E-state index contributed by atoms with van der Waals surface area (Å²) in [5.41, 5.74) is -1.28. The minimum Gasteiger partial charge on any atom is -0.466 e. The quantitative estimate of drug-likeness (QED) is 0.728. The molecule has 3 atom stereocenters. The molecule has 1 spiro atoms. The van der Waals surface area contributed by atoms with Crippen molar-refractivity contribution in [2.24, 2.45) is 11.8 Å². The number of anilines is 1. The number of benzene rings is 1. The van der Waals surface area contributed by atoms with Crippen LogP contribution in [0.4, 0.5) is 18.9 Å². The first kappa shape index (κ1) is 16.3. The first-order valence-electron chi connectivity index (χ1n) is 6.98. The molecule has 0 aromatic heterocycles. The molecule has 1 saturated carbocycles. The van der Waals surface area contributed by atoms with E-state index < -0.39 is 35.3 Å². The first-order valence-corrected chi connectivity index (χ1v) is 7.78. The number of halogens is 4. The Morgan fingerprint density at radius 2 is 2.09 bits per heavy atom. The number of hydrogen-bond acceptors (Lipinski definition) is 3. The fourth-order valence-electron chi connectivity index (χ4n) is 3.62. The molecule has 23 heavy (non-hydrogen) atoms. The zero-order valence-corrected chi connectivity index (χ0v) is 13.9. The van der Waals surface area contributed by atoms with E-state index in [1.165, 1.54) is 24.9 Å². The Labute approximate surface area is 138 Å². The number of likely N-dealkylation sites (N-methyl/N-ethyl adjacent to an activating group) is 1. The second-order valence-corrected chi connectivity index (χ2v) is 6.56. The topological polar surface area (TPSA) is 46.6 Å². The lowest BCUT2D eigenvalue weighted by atomic mass is 9.93. The standard InChI is InChI=1S/C15H13BrF3NO3/c1-3-23-12(21)10-11(15(17,18)19)14(10)8-5-4-7(16)6-9(8)20(2)13(14)22/h4-6,10-11H,3H2,1-2H3/t10?,11?,14-/m0/s1. The van der Waals surface area contributed by atoms with Gasteiger partial charge < -0.3 is 9.64 Å². The van der Waals surface area contributed by atoms with Gasteiger partial charge in [0.2, 0.25) is 5.91 Å². The third-order valence-corrected chi connectivity index (χ3v) is 5.02. The molecule has 0 bridgehead atoms. The summed E-state index contributed by atoms with van der Waals surface area (Å²) >= 11 is 3.24. The maximum atomic E-state index is 13.5. The second kappa shape index (κ2) is 4.96. The average Bonchev–Trinajstić information content (AvgIpc) is 3.12. The summed E-state index contributed by atoms with van der Waals surface area (Å²) in [6, 6.07) is 4.62. The normalized spacial score (nSPS) is 29.0. The summed E-state index contributed by atoms with van der Waals surface area (Å²) in [7, 11) is 1.41. The van der Waals surface area contributed by atoms with E-state index in [4.69, 9.17) is 4.74 Å². The molecule has 1 heterocycles. The number of alkyl halides is 3. The number of esters is 1. The Morgan fingerprint density at radius 1 is 1.43 bits per heavy atom. The van der Waals surface area contributed by atoms with E-state index in [-0.39, 0.29) is 12.2 Å². The van der Waals surface area contributed by atoms with Crippen LogP contribution in [0.5, 0.6) is 0 Å². The van der Waals surface area contributed by atoms with Crippen LogP contribution in [0.3, 0.4) is 0 Å². The molecule has 8 heteroatoms. The van der Waals surface area contributed by atoms with Crippen molar-refractivity contribution in [3.8, 4) is 0 Å². The van der Waals surface area contributed by atoms with E-state index >= 15 is 0 Å². The van der Waals surface area contributed by atoms with Crippen molar-refractivity contribution >= 4 is 33.5 Å². The lowest BCUT2D eigenvalue weighted by Crippen LogP contribution is -2.33. The molecule has 1 aromatic rings. The Hall–Kier alpha value is -1.57. The van der Waals surface area contributed by atoms with E-state index in [1.54, 1.807) is 12.1 Å². The van der Waals surface area contributed by atoms with Crippen molar-refractivity contribution in [3.63, 3.8) is 0 Å². The van der Waals surface area contributed by atoms with E-state index in [1.807, 2.05) is 0 Å². The summed E-state index contributed by atoms with van der Waals surface area (Å²) in [5.74, 6) is -5.27. The van der Waals surface area contributed by atoms with Gasteiger partial charge in [-0.25, -0.2) is 0 Å². The molecule has 2 aliphatic rings. The number of amides is 1. The number of carbonyl (C=O) groups is 2. The smallest absolute Gasteiger partial charge is 0.394 e. The van der Waals surface area contributed by atoms with Crippen molar-refractivity contribution < 1.29 is 27.5 Å². The lowest BCUT2D eigenvalue weighted by molar-refractivity contribution is -0.164. The number of rotatable bonds is 2. The van der Waals surface area contributed by atoms with Gasteiger partial charge in [0.25, 0.3) is 0 Å². The zero-order valence-electron chi connectivity index (χ0n) is 12.3. The predicted molar refractivity (Wildman–Crippen MR) is 78.9 cm³/mol. The fraction of sp³-hybridized carbons (Fsp3) is 0.467. The highest BCUT2D eigenvalue weighted by Crippen LogP contribution is 2.70. The minimum atomic E-state index is -4.66. The molecule has 0 saturated heterocycles.